The maximum atomic E-state index is 12.4. The van der Waals surface area contributed by atoms with Gasteiger partial charge in [-0.2, -0.15) is 0 Å². The summed E-state index contributed by atoms with van der Waals surface area (Å²) in [6, 6.07) is 2.03. The van der Waals surface area contributed by atoms with Gasteiger partial charge in [0, 0.05) is 19.7 Å². The van der Waals surface area contributed by atoms with Crippen LogP contribution in [0.25, 0.3) is 0 Å². The van der Waals surface area contributed by atoms with Gasteiger partial charge in [0.05, 0.1) is 23.1 Å². The van der Waals surface area contributed by atoms with Crippen LogP contribution in [0.4, 0.5) is 0 Å². The van der Waals surface area contributed by atoms with Crippen molar-refractivity contribution >= 4 is 40.3 Å². The molecule has 0 aliphatic carbocycles. The molecule has 1 aromatic heterocycles. The number of thiophene rings is 1. The van der Waals surface area contributed by atoms with Crippen molar-refractivity contribution in [3.8, 4) is 0 Å². The molecule has 20 heavy (non-hydrogen) atoms. The van der Waals surface area contributed by atoms with Crippen LogP contribution in [-0.4, -0.2) is 43.5 Å². The van der Waals surface area contributed by atoms with E-state index in [1.807, 2.05) is 0 Å². The molecule has 1 heterocycles. The van der Waals surface area contributed by atoms with Gasteiger partial charge in [-0.1, -0.05) is 37.0 Å². The predicted octanol–water partition coefficient (Wildman–Crippen LogP) is 4.37. The third kappa shape index (κ3) is 5.01. The molecular weight excluding hydrogens is 317 g/mol. The number of rotatable bonds is 9. The summed E-state index contributed by atoms with van der Waals surface area (Å²) in [5.41, 5.74) is 0.523. The Labute approximate surface area is 134 Å². The van der Waals surface area contributed by atoms with Crippen molar-refractivity contribution in [2.75, 3.05) is 26.8 Å². The van der Waals surface area contributed by atoms with Gasteiger partial charge in [0.25, 0.3) is 0 Å². The number of nitrogens with zero attached hydrogens (tertiary/aromatic N) is 1. The molecule has 0 fully saturated rings. The van der Waals surface area contributed by atoms with E-state index in [4.69, 9.17) is 27.9 Å². The molecule has 0 aliphatic rings. The van der Waals surface area contributed by atoms with E-state index in [0.29, 0.717) is 33.4 Å². The molecule has 0 bridgehead atoms. The first kappa shape index (κ1) is 17.9. The van der Waals surface area contributed by atoms with Crippen LogP contribution in [0.3, 0.4) is 0 Å². The van der Waals surface area contributed by atoms with Crippen molar-refractivity contribution in [3.05, 3.63) is 20.3 Å². The van der Waals surface area contributed by atoms with Gasteiger partial charge in [-0.05, 0) is 18.9 Å². The van der Waals surface area contributed by atoms with Crippen molar-refractivity contribution in [2.45, 2.75) is 32.7 Å². The molecule has 0 radical (unpaired) electrons. The summed E-state index contributed by atoms with van der Waals surface area (Å²) >= 11 is 13.2. The first-order valence-electron chi connectivity index (χ1n) is 6.74. The highest BCUT2D eigenvalue weighted by Gasteiger charge is 2.21. The Morgan fingerprint density at radius 2 is 2.05 bits per heavy atom. The zero-order valence-electron chi connectivity index (χ0n) is 12.1. The number of hydrogen-bond donors (Lipinski definition) is 0. The quantitative estimate of drug-likeness (QED) is 0.626. The second kappa shape index (κ2) is 9.00. The highest BCUT2D eigenvalue weighted by atomic mass is 35.5. The lowest BCUT2D eigenvalue weighted by atomic mass is 10.1. The summed E-state index contributed by atoms with van der Waals surface area (Å²) in [4.78, 5) is 14.5. The van der Waals surface area contributed by atoms with Crippen molar-refractivity contribution in [2.24, 2.45) is 0 Å². The number of Topliss-reactive ketones (excluding diaryl/α,β-unsaturated/α-hetero) is 1. The molecule has 3 nitrogen and oxygen atoms in total. The van der Waals surface area contributed by atoms with Crippen molar-refractivity contribution in [1.29, 1.82) is 0 Å². The summed E-state index contributed by atoms with van der Waals surface area (Å²) in [6.45, 7) is 5.97. The minimum atomic E-state index is 0.0150. The van der Waals surface area contributed by atoms with Gasteiger partial charge < -0.3 is 4.74 Å². The number of carbonyl (C=O) groups excluding carboxylic acids is 1. The van der Waals surface area contributed by atoms with Gasteiger partial charge in [0.1, 0.15) is 4.34 Å². The minimum absolute atomic E-state index is 0.0150. The summed E-state index contributed by atoms with van der Waals surface area (Å²) in [7, 11) is 1.67. The molecule has 0 aliphatic heterocycles. The molecule has 1 rings (SSSR count). The Bertz CT molecular complexity index is 433. The van der Waals surface area contributed by atoms with Gasteiger partial charge in [0.15, 0.2) is 5.78 Å². The van der Waals surface area contributed by atoms with Gasteiger partial charge in [-0.25, -0.2) is 0 Å². The predicted molar refractivity (Wildman–Crippen MR) is 86.5 cm³/mol. The van der Waals surface area contributed by atoms with Crippen LogP contribution >= 0.6 is 34.5 Å². The molecular formula is C14H21Cl2NO2S. The van der Waals surface area contributed by atoms with E-state index in [2.05, 4.69) is 18.7 Å². The maximum Gasteiger partial charge on any atom is 0.179 e. The largest absolute Gasteiger partial charge is 0.383 e. The van der Waals surface area contributed by atoms with Crippen molar-refractivity contribution in [3.63, 3.8) is 0 Å². The topological polar surface area (TPSA) is 29.5 Å². The molecule has 0 aromatic carbocycles. The highest BCUT2D eigenvalue weighted by Crippen LogP contribution is 2.31. The molecule has 0 saturated heterocycles. The zero-order valence-corrected chi connectivity index (χ0v) is 14.4. The minimum Gasteiger partial charge on any atom is -0.383 e. The van der Waals surface area contributed by atoms with Crippen molar-refractivity contribution < 1.29 is 9.53 Å². The number of methoxy groups -OCH3 is 1. The fourth-order valence-corrected chi connectivity index (χ4v) is 3.70. The molecule has 6 heteroatoms. The van der Waals surface area contributed by atoms with Crippen LogP contribution in [-0.2, 0) is 4.74 Å². The number of ether oxygens (including phenoxy) is 1. The Balaban J connectivity index is 2.77. The van der Waals surface area contributed by atoms with E-state index < -0.39 is 0 Å². The van der Waals surface area contributed by atoms with Crippen LogP contribution in [0, 0.1) is 0 Å². The molecule has 0 N–H and O–H groups in total. The first-order chi connectivity index (χ1) is 9.53. The van der Waals surface area contributed by atoms with Crippen molar-refractivity contribution in [1.82, 2.24) is 4.90 Å². The normalized spacial score (nSPS) is 11.6. The fourth-order valence-electron chi connectivity index (χ4n) is 2.20. The lowest BCUT2D eigenvalue weighted by Crippen LogP contribution is -2.40. The summed E-state index contributed by atoms with van der Waals surface area (Å²) in [5.74, 6) is 0.0150. The van der Waals surface area contributed by atoms with E-state index in [9.17, 15) is 4.79 Å². The average molecular weight is 338 g/mol. The Morgan fingerprint density at radius 3 is 2.50 bits per heavy atom. The van der Waals surface area contributed by atoms with Crippen LogP contribution in [0.1, 0.15) is 37.0 Å². The van der Waals surface area contributed by atoms with Gasteiger partial charge >= 0.3 is 0 Å². The molecule has 0 atom stereocenters. The zero-order chi connectivity index (χ0) is 15.1. The Hall–Kier alpha value is -0.130. The SMILES string of the molecule is CCC(CC)N(CCOC)CC(=O)c1cc(Cl)sc1Cl. The van der Waals surface area contributed by atoms with E-state index >= 15 is 0 Å². The monoisotopic (exact) mass is 337 g/mol. The highest BCUT2D eigenvalue weighted by molar-refractivity contribution is 7.20. The number of halogens is 2. The van der Waals surface area contributed by atoms with E-state index in [1.54, 1.807) is 13.2 Å². The first-order valence-corrected chi connectivity index (χ1v) is 8.31. The molecule has 0 unspecified atom stereocenters. The summed E-state index contributed by atoms with van der Waals surface area (Å²) in [5, 5.41) is 0. The lowest BCUT2D eigenvalue weighted by molar-refractivity contribution is 0.0812. The number of ketones is 1. The standard InChI is InChI=1S/C14H21Cl2NO2S/c1-4-10(5-2)17(6-7-19-3)9-12(18)11-8-13(15)20-14(11)16/h8,10H,4-7,9H2,1-3H3. The Morgan fingerprint density at radius 1 is 1.40 bits per heavy atom. The van der Waals surface area contributed by atoms with E-state index in [0.717, 1.165) is 19.4 Å². The average Bonchev–Trinajstić information content (AvgIpc) is 2.76. The Kier molecular flexibility index (Phi) is 8.07. The summed E-state index contributed by atoms with van der Waals surface area (Å²) < 4.78 is 6.14. The molecule has 0 saturated carbocycles. The third-order valence-corrected chi connectivity index (χ3v) is 4.83. The van der Waals surface area contributed by atoms with Gasteiger partial charge in [0.2, 0.25) is 0 Å². The maximum absolute atomic E-state index is 12.4. The number of carbonyl (C=O) groups is 1. The lowest BCUT2D eigenvalue weighted by Gasteiger charge is -2.29. The molecule has 1 aromatic rings. The molecule has 0 amide bonds. The second-order valence-corrected chi connectivity index (χ2v) is 6.88. The van der Waals surface area contributed by atoms with Crippen LogP contribution in [0.15, 0.2) is 6.07 Å². The van der Waals surface area contributed by atoms with E-state index in [-0.39, 0.29) is 5.78 Å². The smallest absolute Gasteiger partial charge is 0.179 e. The van der Waals surface area contributed by atoms with Gasteiger partial charge in [-0.15, -0.1) is 11.3 Å². The summed E-state index contributed by atoms with van der Waals surface area (Å²) in [6.07, 6.45) is 2.01. The molecule has 114 valence electrons. The third-order valence-electron chi connectivity index (χ3n) is 3.35. The fraction of sp³-hybridized carbons (Fsp3) is 0.643. The van der Waals surface area contributed by atoms with E-state index in [1.165, 1.54) is 11.3 Å². The molecule has 0 spiro atoms. The van der Waals surface area contributed by atoms with Crippen LogP contribution in [0.5, 0.6) is 0 Å². The number of hydrogen-bond acceptors (Lipinski definition) is 4. The van der Waals surface area contributed by atoms with Crippen LogP contribution in [0.2, 0.25) is 8.67 Å². The van der Waals surface area contributed by atoms with Crippen LogP contribution < -0.4 is 0 Å². The van der Waals surface area contributed by atoms with Gasteiger partial charge in [-0.3, -0.25) is 9.69 Å². The second-order valence-electron chi connectivity index (χ2n) is 4.59.